The van der Waals surface area contributed by atoms with E-state index >= 15 is 0 Å². The molecule has 1 N–H and O–H groups in total. The van der Waals surface area contributed by atoms with Crippen LogP contribution in [0.25, 0.3) is 10.9 Å². The SMILES string of the molecule is CCc1ccc2c(C3=NN(CCCCOc4ccc(C5=NNC(=O)CC5C)c(F)c4F)C(=O)CC3)cccc2n1. The van der Waals surface area contributed by atoms with Gasteiger partial charge in [0.05, 0.1) is 23.5 Å². The van der Waals surface area contributed by atoms with Crippen LogP contribution in [0.2, 0.25) is 0 Å². The highest BCUT2D eigenvalue weighted by atomic mass is 19.2. The van der Waals surface area contributed by atoms with Crippen molar-refractivity contribution in [1.82, 2.24) is 15.4 Å². The Kier molecular flexibility index (Phi) is 8.14. The number of halogens is 2. The first kappa shape index (κ1) is 27.4. The van der Waals surface area contributed by atoms with E-state index in [0.29, 0.717) is 37.9 Å². The van der Waals surface area contributed by atoms with Crippen molar-refractivity contribution in [3.63, 3.8) is 0 Å². The number of nitrogens with one attached hydrogen (secondary N) is 1. The molecule has 8 nitrogen and oxygen atoms in total. The summed E-state index contributed by atoms with van der Waals surface area (Å²) in [5.74, 6) is -2.99. The van der Waals surface area contributed by atoms with Crippen LogP contribution >= 0.6 is 0 Å². The summed E-state index contributed by atoms with van der Waals surface area (Å²) in [6.45, 7) is 4.35. The van der Waals surface area contributed by atoms with Crippen LogP contribution in [-0.4, -0.2) is 46.4 Å². The van der Waals surface area contributed by atoms with Crippen molar-refractivity contribution in [1.29, 1.82) is 0 Å². The monoisotopic (exact) mass is 547 g/mol. The van der Waals surface area contributed by atoms with Gasteiger partial charge < -0.3 is 4.74 Å². The largest absolute Gasteiger partial charge is 0.490 e. The summed E-state index contributed by atoms with van der Waals surface area (Å²) >= 11 is 0. The van der Waals surface area contributed by atoms with Crippen LogP contribution in [0.5, 0.6) is 5.75 Å². The first-order valence-corrected chi connectivity index (χ1v) is 13.6. The second-order valence-corrected chi connectivity index (χ2v) is 10.0. The third kappa shape index (κ3) is 5.71. The van der Waals surface area contributed by atoms with Gasteiger partial charge in [-0.1, -0.05) is 32.0 Å². The number of fused-ring (bicyclic) bond motifs is 1. The van der Waals surface area contributed by atoms with Crippen LogP contribution in [0.4, 0.5) is 8.78 Å². The lowest BCUT2D eigenvalue weighted by molar-refractivity contribution is -0.131. The topological polar surface area (TPSA) is 96.2 Å². The summed E-state index contributed by atoms with van der Waals surface area (Å²) in [4.78, 5) is 28.7. The number of aryl methyl sites for hydroxylation is 1. The Balaban J connectivity index is 1.19. The van der Waals surface area contributed by atoms with Gasteiger partial charge in [0.2, 0.25) is 17.6 Å². The Morgan fingerprint density at radius 1 is 1.02 bits per heavy atom. The van der Waals surface area contributed by atoms with E-state index < -0.39 is 11.6 Å². The maximum atomic E-state index is 14.8. The molecule has 40 heavy (non-hydrogen) atoms. The Labute approximate surface area is 231 Å². The van der Waals surface area contributed by atoms with Crippen molar-refractivity contribution < 1.29 is 23.1 Å². The number of benzene rings is 2. The van der Waals surface area contributed by atoms with E-state index in [-0.39, 0.29) is 42.1 Å². The van der Waals surface area contributed by atoms with E-state index in [0.717, 1.165) is 34.3 Å². The van der Waals surface area contributed by atoms with Gasteiger partial charge in [0.25, 0.3) is 0 Å². The Morgan fingerprint density at radius 3 is 2.67 bits per heavy atom. The Hall–Kier alpha value is -4.21. The molecule has 0 spiro atoms. The fourth-order valence-electron chi connectivity index (χ4n) is 4.98. The van der Waals surface area contributed by atoms with E-state index in [1.807, 2.05) is 24.3 Å². The average Bonchev–Trinajstić information content (AvgIpc) is 2.96. The molecule has 0 saturated heterocycles. The zero-order chi connectivity index (χ0) is 28.2. The quantitative estimate of drug-likeness (QED) is 0.376. The van der Waals surface area contributed by atoms with Gasteiger partial charge in [-0.2, -0.15) is 14.6 Å². The minimum atomic E-state index is -1.10. The Bertz CT molecular complexity index is 1520. The molecule has 0 saturated carbocycles. The summed E-state index contributed by atoms with van der Waals surface area (Å²) in [6.07, 6.45) is 3.04. The number of pyridine rings is 1. The smallest absolute Gasteiger partial charge is 0.243 e. The van der Waals surface area contributed by atoms with Crippen molar-refractivity contribution in [2.75, 3.05) is 13.2 Å². The van der Waals surface area contributed by atoms with Crippen molar-refractivity contribution in [3.05, 3.63) is 70.9 Å². The summed E-state index contributed by atoms with van der Waals surface area (Å²) < 4.78 is 35.0. The predicted molar refractivity (Wildman–Crippen MR) is 148 cm³/mol. The number of hydrogen-bond donors (Lipinski definition) is 1. The molecule has 208 valence electrons. The zero-order valence-electron chi connectivity index (χ0n) is 22.5. The molecule has 0 aliphatic carbocycles. The minimum Gasteiger partial charge on any atom is -0.490 e. The van der Waals surface area contributed by atoms with Gasteiger partial charge in [0.1, 0.15) is 0 Å². The van der Waals surface area contributed by atoms with Crippen LogP contribution in [0, 0.1) is 17.6 Å². The molecule has 0 fully saturated rings. The van der Waals surface area contributed by atoms with E-state index in [4.69, 9.17) is 9.72 Å². The molecule has 2 aliphatic heterocycles. The normalized spacial score (nSPS) is 17.5. The first-order valence-electron chi connectivity index (χ1n) is 13.6. The minimum absolute atomic E-state index is 0.00223. The molecule has 0 radical (unpaired) electrons. The van der Waals surface area contributed by atoms with E-state index in [1.165, 1.54) is 17.1 Å². The van der Waals surface area contributed by atoms with Gasteiger partial charge in [-0.15, -0.1) is 0 Å². The fraction of sp³-hybridized carbons (Fsp3) is 0.367. The lowest BCUT2D eigenvalue weighted by Crippen LogP contribution is -2.33. The summed E-state index contributed by atoms with van der Waals surface area (Å²) in [5.41, 5.74) is 6.36. The van der Waals surface area contributed by atoms with Crippen molar-refractivity contribution in [3.8, 4) is 5.75 Å². The molecular weight excluding hydrogens is 516 g/mol. The van der Waals surface area contributed by atoms with Crippen LogP contribution in [0.3, 0.4) is 0 Å². The molecule has 3 aromatic rings. The highest BCUT2D eigenvalue weighted by Gasteiger charge is 2.27. The summed E-state index contributed by atoms with van der Waals surface area (Å²) in [5, 5.41) is 11.1. The third-order valence-corrected chi connectivity index (χ3v) is 7.17. The third-order valence-electron chi connectivity index (χ3n) is 7.17. The number of hydrazone groups is 2. The van der Waals surface area contributed by atoms with E-state index in [9.17, 15) is 18.4 Å². The molecule has 1 unspecified atom stereocenters. The summed E-state index contributed by atoms with van der Waals surface area (Å²) in [7, 11) is 0. The molecule has 1 aromatic heterocycles. The second kappa shape index (κ2) is 11.9. The zero-order valence-corrected chi connectivity index (χ0v) is 22.5. The number of nitrogens with zero attached hydrogens (tertiary/aromatic N) is 4. The molecule has 1 atom stereocenters. The van der Waals surface area contributed by atoms with Crippen LogP contribution in [-0.2, 0) is 16.0 Å². The van der Waals surface area contributed by atoms with Gasteiger partial charge in [-0.25, -0.2) is 14.8 Å². The fourth-order valence-corrected chi connectivity index (χ4v) is 4.98. The number of ether oxygens (including phenoxy) is 1. The maximum absolute atomic E-state index is 14.8. The number of aromatic nitrogens is 1. The molecular formula is C30H31F2N5O3. The Morgan fingerprint density at radius 2 is 1.88 bits per heavy atom. The number of amides is 2. The van der Waals surface area contributed by atoms with Crippen LogP contribution in [0.15, 0.2) is 52.7 Å². The lowest BCUT2D eigenvalue weighted by Gasteiger charge is -2.24. The molecule has 0 bridgehead atoms. The van der Waals surface area contributed by atoms with Crippen LogP contribution in [0.1, 0.15) is 62.8 Å². The highest BCUT2D eigenvalue weighted by Crippen LogP contribution is 2.27. The number of carbonyl (C=O) groups excluding carboxylic acids is 2. The molecule has 2 aromatic carbocycles. The molecule has 2 aliphatic rings. The maximum Gasteiger partial charge on any atom is 0.243 e. The molecule has 2 amide bonds. The van der Waals surface area contributed by atoms with Crippen molar-refractivity contribution in [2.24, 2.45) is 16.1 Å². The van der Waals surface area contributed by atoms with Crippen LogP contribution < -0.4 is 10.2 Å². The van der Waals surface area contributed by atoms with Gasteiger partial charge in [0, 0.05) is 53.9 Å². The molecule has 5 rings (SSSR count). The molecule has 3 heterocycles. The highest BCUT2D eigenvalue weighted by molar-refractivity contribution is 6.12. The van der Waals surface area contributed by atoms with Crippen molar-refractivity contribution in [2.45, 2.75) is 52.4 Å². The lowest BCUT2D eigenvalue weighted by atomic mass is 9.93. The van der Waals surface area contributed by atoms with Gasteiger partial charge in [-0.3, -0.25) is 14.6 Å². The molecule has 10 heteroatoms. The van der Waals surface area contributed by atoms with E-state index in [2.05, 4.69) is 28.6 Å². The average molecular weight is 548 g/mol. The number of hydrogen-bond acceptors (Lipinski definition) is 6. The van der Waals surface area contributed by atoms with Crippen molar-refractivity contribution >= 4 is 34.1 Å². The second-order valence-electron chi connectivity index (χ2n) is 10.0. The van der Waals surface area contributed by atoms with E-state index in [1.54, 1.807) is 6.92 Å². The first-order chi connectivity index (χ1) is 19.4. The van der Waals surface area contributed by atoms with Gasteiger partial charge in [-0.05, 0) is 43.5 Å². The number of unbranched alkanes of at least 4 members (excludes halogenated alkanes) is 1. The summed E-state index contributed by atoms with van der Waals surface area (Å²) in [6, 6.07) is 12.8. The van der Waals surface area contributed by atoms with Gasteiger partial charge >= 0.3 is 0 Å². The predicted octanol–water partition coefficient (Wildman–Crippen LogP) is 5.12. The number of rotatable bonds is 9. The van der Waals surface area contributed by atoms with Gasteiger partial charge in [0.15, 0.2) is 11.6 Å². The number of carbonyl (C=O) groups is 2. The standard InChI is InChI=1S/C30H31F2N5O3/c1-3-19-9-10-21-20(7-6-8-23(21)33-19)24-12-14-27(39)37(36-24)15-4-5-16-40-25-13-11-22(28(31)29(25)32)30-18(2)17-26(38)34-35-30/h6-11,13,18H,3-5,12,14-17H2,1-2H3,(H,34,38).